The van der Waals surface area contributed by atoms with E-state index in [-0.39, 0.29) is 16.6 Å². The van der Waals surface area contributed by atoms with E-state index in [1.165, 1.54) is 35.0 Å². The van der Waals surface area contributed by atoms with Crippen LogP contribution in [0.3, 0.4) is 0 Å². The van der Waals surface area contributed by atoms with Crippen LogP contribution in [-0.2, 0) is 4.57 Å². The van der Waals surface area contributed by atoms with E-state index in [0.717, 1.165) is 0 Å². The summed E-state index contributed by atoms with van der Waals surface area (Å²) in [6.07, 6.45) is 2.96. The second kappa shape index (κ2) is 5.79. The normalized spacial score (nSPS) is 13.4. The summed E-state index contributed by atoms with van der Waals surface area (Å²) in [6.45, 7) is 0. The summed E-state index contributed by atoms with van der Waals surface area (Å²) in [5.74, 6) is 0. The Kier molecular flexibility index (Phi) is 3.82. The van der Waals surface area contributed by atoms with Gasteiger partial charge in [0.2, 0.25) is 5.57 Å². The Morgan fingerprint density at radius 3 is 2.35 bits per heavy atom. The largest absolute Gasteiger partial charge is 0.336 e. The summed E-state index contributed by atoms with van der Waals surface area (Å²) in [5, 5.41) is 11.0. The Morgan fingerprint density at radius 1 is 1.09 bits per heavy atom. The lowest BCUT2D eigenvalue weighted by molar-refractivity contribution is -0.384. The summed E-state index contributed by atoms with van der Waals surface area (Å²) < 4.78 is 14.3. The van der Waals surface area contributed by atoms with Gasteiger partial charge in [-0.25, -0.2) is 4.98 Å². The fourth-order valence-corrected chi connectivity index (χ4v) is 3.71. The van der Waals surface area contributed by atoms with Crippen molar-refractivity contribution in [1.29, 1.82) is 0 Å². The molecule has 0 spiro atoms. The fourth-order valence-electron chi connectivity index (χ4n) is 2.20. The first-order chi connectivity index (χ1) is 11.0. The van der Waals surface area contributed by atoms with Crippen molar-refractivity contribution in [2.24, 2.45) is 0 Å². The number of non-ortho nitro benzene ring substituents is 1. The second-order valence-corrected chi connectivity index (χ2v) is 6.85. The van der Waals surface area contributed by atoms with Gasteiger partial charge in [-0.05, 0) is 24.3 Å². The predicted molar refractivity (Wildman–Crippen MR) is 85.8 cm³/mol. The SMILES string of the molecule is O=[N+]([O-])c1ccc(-n2ccnc2P(=O)(O)c2ccccc2)cc1. The molecule has 0 aliphatic heterocycles. The Hall–Kier alpha value is -2.76. The van der Waals surface area contributed by atoms with E-state index in [9.17, 15) is 19.6 Å². The highest BCUT2D eigenvalue weighted by molar-refractivity contribution is 7.73. The predicted octanol–water partition coefficient (Wildman–Crippen LogP) is 2.00. The lowest BCUT2D eigenvalue weighted by atomic mass is 10.3. The lowest BCUT2D eigenvalue weighted by Crippen LogP contribution is -2.24. The number of aromatic nitrogens is 2. The van der Waals surface area contributed by atoms with Crippen molar-refractivity contribution in [3.63, 3.8) is 0 Å². The molecule has 23 heavy (non-hydrogen) atoms. The molecule has 8 heteroatoms. The number of imidazole rings is 1. The molecule has 0 saturated heterocycles. The molecule has 0 saturated carbocycles. The number of nitrogens with zero attached hydrogens (tertiary/aromatic N) is 3. The minimum atomic E-state index is -3.87. The third-order valence-corrected chi connectivity index (χ3v) is 5.21. The van der Waals surface area contributed by atoms with E-state index in [2.05, 4.69) is 4.98 Å². The number of hydrogen-bond donors (Lipinski definition) is 1. The van der Waals surface area contributed by atoms with E-state index in [4.69, 9.17) is 0 Å². The molecule has 1 atom stereocenters. The maximum absolute atomic E-state index is 12.8. The van der Waals surface area contributed by atoms with Gasteiger partial charge in [0.05, 0.1) is 4.92 Å². The Balaban J connectivity index is 2.06. The van der Waals surface area contributed by atoms with Crippen molar-refractivity contribution in [1.82, 2.24) is 9.55 Å². The smallest absolute Gasteiger partial charge is 0.293 e. The molecule has 0 bridgehead atoms. The third kappa shape index (κ3) is 2.79. The average Bonchev–Trinajstić information content (AvgIpc) is 3.06. The molecule has 7 nitrogen and oxygen atoms in total. The maximum Gasteiger partial charge on any atom is 0.293 e. The van der Waals surface area contributed by atoms with E-state index in [1.807, 2.05) is 0 Å². The topological polar surface area (TPSA) is 98.3 Å². The van der Waals surface area contributed by atoms with Gasteiger partial charge in [-0.3, -0.25) is 19.2 Å². The van der Waals surface area contributed by atoms with Crippen LogP contribution in [0.2, 0.25) is 0 Å². The van der Waals surface area contributed by atoms with E-state index >= 15 is 0 Å². The van der Waals surface area contributed by atoms with Gasteiger partial charge in [0.1, 0.15) is 0 Å². The van der Waals surface area contributed by atoms with E-state index in [0.29, 0.717) is 5.69 Å². The summed E-state index contributed by atoms with van der Waals surface area (Å²) in [7, 11) is -3.87. The van der Waals surface area contributed by atoms with Gasteiger partial charge in [-0.2, -0.15) is 0 Å². The number of hydrogen-bond acceptors (Lipinski definition) is 4. The van der Waals surface area contributed by atoms with Crippen molar-refractivity contribution >= 4 is 23.9 Å². The Morgan fingerprint density at radius 2 is 1.74 bits per heavy atom. The lowest BCUT2D eigenvalue weighted by Gasteiger charge is -2.13. The molecule has 2 aromatic carbocycles. The third-order valence-electron chi connectivity index (χ3n) is 3.34. The minimum Gasteiger partial charge on any atom is -0.336 e. The molecule has 0 aliphatic rings. The van der Waals surface area contributed by atoms with Crippen molar-refractivity contribution < 1.29 is 14.4 Å². The minimum absolute atomic E-state index is 0.00227. The number of nitro benzene ring substituents is 1. The number of rotatable bonds is 4. The van der Waals surface area contributed by atoms with Gasteiger partial charge >= 0.3 is 0 Å². The number of nitro groups is 1. The van der Waals surface area contributed by atoms with Gasteiger partial charge in [-0.1, -0.05) is 18.2 Å². The van der Waals surface area contributed by atoms with Gasteiger partial charge < -0.3 is 4.89 Å². The Bertz CT molecular complexity index is 891. The van der Waals surface area contributed by atoms with Crippen molar-refractivity contribution in [3.8, 4) is 5.69 Å². The zero-order chi connectivity index (χ0) is 16.4. The van der Waals surface area contributed by atoms with Gasteiger partial charge in [0.25, 0.3) is 13.1 Å². The highest BCUT2D eigenvalue weighted by Crippen LogP contribution is 2.37. The zero-order valence-corrected chi connectivity index (χ0v) is 12.7. The van der Waals surface area contributed by atoms with Crippen LogP contribution in [0.15, 0.2) is 67.0 Å². The van der Waals surface area contributed by atoms with Crippen LogP contribution in [-0.4, -0.2) is 19.4 Å². The Labute approximate surface area is 131 Å². The second-order valence-electron chi connectivity index (χ2n) is 4.78. The molecule has 0 aliphatic carbocycles. The standard InChI is InChI=1S/C15H12N3O4P/c19-18(20)13-8-6-12(7-9-13)17-11-10-16-15(17)23(21,22)14-4-2-1-3-5-14/h1-11H,(H,21,22). The molecule has 0 fully saturated rings. The van der Waals surface area contributed by atoms with Crippen LogP contribution in [0.25, 0.3) is 5.69 Å². The highest BCUT2D eigenvalue weighted by atomic mass is 31.2. The molecule has 1 N–H and O–H groups in total. The van der Waals surface area contributed by atoms with Gasteiger partial charge in [-0.15, -0.1) is 0 Å². The first-order valence-electron chi connectivity index (χ1n) is 6.67. The molecule has 1 unspecified atom stereocenters. The molecule has 116 valence electrons. The fraction of sp³-hybridized carbons (Fsp3) is 0. The quantitative estimate of drug-likeness (QED) is 0.448. The molecular weight excluding hydrogens is 317 g/mol. The van der Waals surface area contributed by atoms with E-state index < -0.39 is 12.3 Å². The van der Waals surface area contributed by atoms with Crippen molar-refractivity contribution in [2.75, 3.05) is 0 Å². The molecule has 1 aromatic heterocycles. The molecule has 0 amide bonds. The molecule has 3 aromatic rings. The summed E-state index contributed by atoms with van der Waals surface area (Å²) in [5.41, 5.74) is 0.469. The van der Waals surface area contributed by atoms with Crippen molar-refractivity contribution in [3.05, 3.63) is 77.1 Å². The average molecular weight is 329 g/mol. The molecule has 1 heterocycles. The van der Waals surface area contributed by atoms with Crippen LogP contribution in [0.4, 0.5) is 5.69 Å². The van der Waals surface area contributed by atoms with Gasteiger partial charge in [0.15, 0.2) is 0 Å². The van der Waals surface area contributed by atoms with Crippen LogP contribution in [0.1, 0.15) is 0 Å². The maximum atomic E-state index is 12.8. The van der Waals surface area contributed by atoms with Crippen molar-refractivity contribution in [2.45, 2.75) is 0 Å². The van der Waals surface area contributed by atoms with Crippen LogP contribution in [0, 0.1) is 10.1 Å². The highest BCUT2D eigenvalue weighted by Gasteiger charge is 2.29. The first-order valence-corrected chi connectivity index (χ1v) is 8.33. The number of benzene rings is 2. The molecular formula is C15H12N3O4P. The summed E-state index contributed by atoms with van der Waals surface area (Å²) in [6, 6.07) is 13.9. The van der Waals surface area contributed by atoms with Crippen LogP contribution >= 0.6 is 7.37 Å². The van der Waals surface area contributed by atoms with Crippen LogP contribution < -0.4 is 10.9 Å². The summed E-state index contributed by atoms with van der Waals surface area (Å²) >= 11 is 0. The van der Waals surface area contributed by atoms with Crippen LogP contribution in [0.5, 0.6) is 0 Å². The molecule has 3 rings (SSSR count). The first kappa shape index (κ1) is 15.1. The van der Waals surface area contributed by atoms with Gasteiger partial charge in [0, 0.05) is 35.5 Å². The monoisotopic (exact) mass is 329 g/mol. The van der Waals surface area contributed by atoms with E-state index in [1.54, 1.807) is 36.5 Å². The summed E-state index contributed by atoms with van der Waals surface area (Å²) in [4.78, 5) is 24.7. The zero-order valence-electron chi connectivity index (χ0n) is 11.8. The molecule has 0 radical (unpaired) electrons.